The molecule has 4 aliphatic rings. The second kappa shape index (κ2) is 14.2. The number of amides is 3. The van der Waals surface area contributed by atoms with Crippen LogP contribution in [-0.4, -0.2) is 71.8 Å². The largest absolute Gasteiger partial charge is 0.461 e. The molecule has 3 amide bonds. The number of ether oxygens (including phenoxy) is 1. The van der Waals surface area contributed by atoms with Crippen molar-refractivity contribution >= 4 is 41.0 Å². The second-order valence-corrected chi connectivity index (χ2v) is 12.6. The van der Waals surface area contributed by atoms with Crippen LogP contribution in [0.25, 0.3) is 0 Å². The number of anilines is 1. The average molecular weight is 641 g/mol. The molecular weight excluding hydrogens is 601 g/mol. The maximum absolute atomic E-state index is 15.3. The molecule has 0 radical (unpaired) electrons. The van der Waals surface area contributed by atoms with Crippen LogP contribution >= 0.6 is 11.6 Å². The van der Waals surface area contributed by atoms with Gasteiger partial charge in [-0.1, -0.05) is 31.5 Å². The van der Waals surface area contributed by atoms with Gasteiger partial charge in [-0.05, 0) is 69.2 Å². The van der Waals surface area contributed by atoms with Crippen LogP contribution in [0.4, 0.5) is 18.9 Å². The Morgan fingerprint density at radius 2 is 1.98 bits per heavy atom. The molecule has 1 aliphatic carbocycles. The van der Waals surface area contributed by atoms with Crippen molar-refractivity contribution in [1.29, 1.82) is 0 Å². The molecule has 3 aliphatic heterocycles. The van der Waals surface area contributed by atoms with E-state index in [4.69, 9.17) is 16.3 Å². The summed E-state index contributed by atoms with van der Waals surface area (Å²) in [6.45, 7) is 5.67. The highest BCUT2D eigenvalue weighted by atomic mass is 35.5. The number of halogens is 4. The van der Waals surface area contributed by atoms with E-state index in [1.54, 1.807) is 24.3 Å². The summed E-state index contributed by atoms with van der Waals surface area (Å²) in [6, 6.07) is 2.33. The summed E-state index contributed by atoms with van der Waals surface area (Å²) in [5, 5.41) is 8.90. The summed E-state index contributed by atoms with van der Waals surface area (Å²) < 4.78 is 50.1. The number of nitrogens with one attached hydrogen (secondary N) is 3. The van der Waals surface area contributed by atoms with E-state index < -0.39 is 72.0 Å². The van der Waals surface area contributed by atoms with Crippen LogP contribution < -0.4 is 16.0 Å². The van der Waals surface area contributed by atoms with E-state index >= 15 is 8.78 Å². The van der Waals surface area contributed by atoms with E-state index in [0.29, 0.717) is 36.5 Å². The zero-order valence-electron chi connectivity index (χ0n) is 25.1. The van der Waals surface area contributed by atoms with E-state index in [1.807, 2.05) is 13.8 Å². The molecule has 5 rings (SSSR count). The fraction of sp³-hybridized carbons (Fsp3) is 0.613. The van der Waals surface area contributed by atoms with Crippen molar-refractivity contribution in [3.05, 3.63) is 41.2 Å². The van der Waals surface area contributed by atoms with Gasteiger partial charge in [0.25, 0.3) is 5.92 Å². The van der Waals surface area contributed by atoms with Crippen molar-refractivity contribution in [1.82, 2.24) is 15.5 Å². The van der Waals surface area contributed by atoms with E-state index in [0.717, 1.165) is 6.08 Å². The average Bonchev–Trinajstić information content (AvgIpc) is 3.35. The van der Waals surface area contributed by atoms with E-state index in [2.05, 4.69) is 16.0 Å². The lowest BCUT2D eigenvalue weighted by Gasteiger charge is -2.54. The standard InChI is InChI=1S/C31H40ClF3N4O5/c1-4-44-30(43)24(33)15-21(13-18-10-11-36-27(18)40)38-28(41)26-23-9-8-22(16-31(23,34)35)39(26)29(42)25(12-17(2)3)37-20-7-5-6-19(32)14-20/h5-7,14-15,17-18,21-23,25-26,37H,4,8-13,16H2,1-3H3,(H,36,40)(H,38,41)/b24-15+/t18-,21+,22+,23+,25+,26-/m0/s1. The molecule has 0 spiro atoms. The Morgan fingerprint density at radius 3 is 2.59 bits per heavy atom. The quantitative estimate of drug-likeness (QED) is 0.227. The first-order valence-corrected chi connectivity index (χ1v) is 15.5. The highest BCUT2D eigenvalue weighted by Crippen LogP contribution is 2.49. The SMILES string of the molecule is CCOC(=O)/C(F)=C\[C@@H](C[C@@H]1CCNC1=O)NC(=O)[C@@H]1[C@H]2CC[C@H](CC2(F)F)N1C(=O)[C@@H](CC(C)C)Nc1cccc(Cl)c1. The summed E-state index contributed by atoms with van der Waals surface area (Å²) in [7, 11) is 0. The molecule has 3 saturated heterocycles. The van der Waals surface area contributed by atoms with Gasteiger partial charge in [0.15, 0.2) is 0 Å². The lowest BCUT2D eigenvalue weighted by Crippen LogP contribution is -2.70. The van der Waals surface area contributed by atoms with Gasteiger partial charge in [0, 0.05) is 35.6 Å². The van der Waals surface area contributed by atoms with E-state index in [1.165, 1.54) is 11.8 Å². The van der Waals surface area contributed by atoms with Gasteiger partial charge < -0.3 is 25.6 Å². The first-order valence-electron chi connectivity index (χ1n) is 15.1. The Labute approximate surface area is 260 Å². The second-order valence-electron chi connectivity index (χ2n) is 12.2. The molecular formula is C31H40ClF3N4O5. The highest BCUT2D eigenvalue weighted by Gasteiger charge is 2.61. The first-order chi connectivity index (χ1) is 20.8. The van der Waals surface area contributed by atoms with Crippen molar-refractivity contribution < 1.29 is 37.1 Å². The molecule has 0 unspecified atom stereocenters. The molecule has 1 aromatic carbocycles. The summed E-state index contributed by atoms with van der Waals surface area (Å²) in [4.78, 5) is 53.7. The number of carbonyl (C=O) groups excluding carboxylic acids is 4. The summed E-state index contributed by atoms with van der Waals surface area (Å²) in [6.07, 6.45) is 1.32. The molecule has 0 aromatic heterocycles. The molecule has 44 heavy (non-hydrogen) atoms. The van der Waals surface area contributed by atoms with Crippen LogP contribution in [-0.2, 0) is 23.9 Å². The van der Waals surface area contributed by atoms with Crippen molar-refractivity contribution in [3.8, 4) is 0 Å². The summed E-state index contributed by atoms with van der Waals surface area (Å²) in [5.41, 5.74) is 0.569. The number of nitrogens with zero attached hydrogens (tertiary/aromatic N) is 1. The Kier molecular flexibility index (Phi) is 10.9. The van der Waals surface area contributed by atoms with Crippen molar-refractivity contribution in [2.75, 3.05) is 18.5 Å². The lowest BCUT2D eigenvalue weighted by molar-refractivity contribution is -0.194. The van der Waals surface area contributed by atoms with Crippen molar-refractivity contribution in [2.24, 2.45) is 17.8 Å². The number of rotatable bonds is 12. The van der Waals surface area contributed by atoms with Gasteiger partial charge in [0.05, 0.1) is 18.6 Å². The molecule has 1 saturated carbocycles. The number of fused-ring (bicyclic) bond motifs is 3. The molecule has 4 fully saturated rings. The monoisotopic (exact) mass is 640 g/mol. The van der Waals surface area contributed by atoms with Gasteiger partial charge in [-0.2, -0.15) is 4.39 Å². The van der Waals surface area contributed by atoms with Gasteiger partial charge >= 0.3 is 5.97 Å². The topological polar surface area (TPSA) is 117 Å². The summed E-state index contributed by atoms with van der Waals surface area (Å²) >= 11 is 6.14. The molecule has 13 heteroatoms. The van der Waals surface area contributed by atoms with Crippen molar-refractivity contribution in [3.63, 3.8) is 0 Å². The Hall–Kier alpha value is -3.28. The van der Waals surface area contributed by atoms with Gasteiger partial charge in [-0.25, -0.2) is 13.6 Å². The molecule has 6 atom stereocenters. The number of hydrogen-bond donors (Lipinski definition) is 3. The number of alkyl halides is 2. The maximum atomic E-state index is 15.3. The first kappa shape index (κ1) is 33.6. The van der Waals surface area contributed by atoms with E-state index in [9.17, 15) is 23.6 Å². The van der Waals surface area contributed by atoms with Gasteiger partial charge in [-0.3, -0.25) is 14.4 Å². The minimum Gasteiger partial charge on any atom is -0.461 e. The molecule has 2 bridgehead atoms. The lowest BCUT2D eigenvalue weighted by atomic mass is 9.71. The van der Waals surface area contributed by atoms with Gasteiger partial charge in [0.1, 0.15) is 12.1 Å². The third kappa shape index (κ3) is 7.86. The van der Waals surface area contributed by atoms with Crippen LogP contribution in [0.1, 0.15) is 59.3 Å². The van der Waals surface area contributed by atoms with Gasteiger partial charge in [0.2, 0.25) is 23.5 Å². The zero-order chi connectivity index (χ0) is 32.2. The molecule has 3 heterocycles. The molecule has 3 N–H and O–H groups in total. The fourth-order valence-corrected chi connectivity index (χ4v) is 6.72. The van der Waals surface area contributed by atoms with Crippen molar-refractivity contribution in [2.45, 2.75) is 89.4 Å². The Morgan fingerprint density at radius 1 is 1.23 bits per heavy atom. The number of piperidine rings is 2. The molecule has 1 aromatic rings. The Balaban J connectivity index is 1.65. The van der Waals surface area contributed by atoms with Crippen LogP contribution in [0.5, 0.6) is 0 Å². The Bertz CT molecular complexity index is 1280. The molecule has 9 nitrogen and oxygen atoms in total. The minimum atomic E-state index is -3.21. The number of hydrogen-bond acceptors (Lipinski definition) is 6. The fourth-order valence-electron chi connectivity index (χ4n) is 6.53. The third-order valence-electron chi connectivity index (χ3n) is 8.48. The smallest absolute Gasteiger partial charge is 0.366 e. The van der Waals surface area contributed by atoms with Crippen LogP contribution in [0.3, 0.4) is 0 Å². The maximum Gasteiger partial charge on any atom is 0.366 e. The summed E-state index contributed by atoms with van der Waals surface area (Å²) in [5.74, 6) is -9.42. The molecule has 242 valence electrons. The minimum absolute atomic E-state index is 0.0266. The van der Waals surface area contributed by atoms with E-state index in [-0.39, 0.29) is 31.3 Å². The highest BCUT2D eigenvalue weighted by molar-refractivity contribution is 6.30. The predicted molar refractivity (Wildman–Crippen MR) is 159 cm³/mol. The zero-order valence-corrected chi connectivity index (χ0v) is 25.8. The van der Waals surface area contributed by atoms with Gasteiger partial charge in [-0.15, -0.1) is 0 Å². The number of carbonyl (C=O) groups is 4. The normalized spacial score (nSPS) is 25.8. The number of benzene rings is 1. The number of esters is 1. The predicted octanol–water partition coefficient (Wildman–Crippen LogP) is 4.61. The third-order valence-corrected chi connectivity index (χ3v) is 8.71. The van der Waals surface area contributed by atoms with Crippen LogP contribution in [0, 0.1) is 17.8 Å². The van der Waals surface area contributed by atoms with Crippen LogP contribution in [0.15, 0.2) is 36.2 Å². The van der Waals surface area contributed by atoms with Crippen LogP contribution in [0.2, 0.25) is 5.02 Å².